The third-order valence-electron chi connectivity index (χ3n) is 2.04. The molecule has 5 heteroatoms. The summed E-state index contributed by atoms with van der Waals surface area (Å²) in [6, 6.07) is 6.04. The first kappa shape index (κ1) is 12.7. The number of hydrogen-bond acceptors (Lipinski definition) is 2. The van der Waals surface area contributed by atoms with Crippen molar-refractivity contribution in [2.45, 2.75) is 18.2 Å². The molecule has 0 aliphatic carbocycles. The van der Waals surface area contributed by atoms with E-state index in [2.05, 4.69) is 21.2 Å². The van der Waals surface area contributed by atoms with Gasteiger partial charge < -0.3 is 10.4 Å². The Hall–Kier alpha value is -1.36. The van der Waals surface area contributed by atoms with Crippen LogP contribution >= 0.6 is 15.9 Å². The van der Waals surface area contributed by atoms with E-state index in [1.165, 1.54) is 12.1 Å². The van der Waals surface area contributed by atoms with Crippen molar-refractivity contribution in [3.8, 4) is 0 Å². The summed E-state index contributed by atoms with van der Waals surface area (Å²) >= 11 is 3.23. The lowest BCUT2D eigenvalue weighted by Gasteiger charge is -2.08. The van der Waals surface area contributed by atoms with Gasteiger partial charge in [0.15, 0.2) is 0 Å². The van der Waals surface area contributed by atoms with Crippen LogP contribution in [0.4, 0.5) is 5.69 Å². The summed E-state index contributed by atoms with van der Waals surface area (Å²) < 4.78 is 0. The number of carboxylic acid groups (broad SMARTS) is 1. The Morgan fingerprint density at radius 2 is 1.94 bits per heavy atom. The number of anilines is 1. The second-order valence-electron chi connectivity index (χ2n) is 3.25. The van der Waals surface area contributed by atoms with Crippen LogP contribution in [0.15, 0.2) is 24.3 Å². The fourth-order valence-electron chi connectivity index (χ4n) is 1.10. The van der Waals surface area contributed by atoms with Crippen molar-refractivity contribution in [3.05, 3.63) is 29.8 Å². The van der Waals surface area contributed by atoms with E-state index in [4.69, 9.17) is 5.11 Å². The van der Waals surface area contributed by atoms with Crippen LogP contribution in [0.25, 0.3) is 0 Å². The maximum absolute atomic E-state index is 11.5. The largest absolute Gasteiger partial charge is 0.478 e. The molecule has 2 N–H and O–H groups in total. The van der Waals surface area contributed by atoms with Crippen molar-refractivity contribution in [1.29, 1.82) is 0 Å². The van der Waals surface area contributed by atoms with Crippen LogP contribution in [0, 0.1) is 0 Å². The highest BCUT2D eigenvalue weighted by Crippen LogP contribution is 2.12. The maximum Gasteiger partial charge on any atom is 0.335 e. The molecule has 1 aromatic rings. The van der Waals surface area contributed by atoms with Crippen molar-refractivity contribution < 1.29 is 14.7 Å². The molecule has 16 heavy (non-hydrogen) atoms. The molecule has 0 fully saturated rings. The molecule has 0 aliphatic heterocycles. The molecule has 1 amide bonds. The third-order valence-corrected chi connectivity index (χ3v) is 3.11. The van der Waals surface area contributed by atoms with Crippen LogP contribution in [-0.4, -0.2) is 21.8 Å². The molecular weight excluding hydrogens is 274 g/mol. The van der Waals surface area contributed by atoms with E-state index >= 15 is 0 Å². The number of carbonyl (C=O) groups excluding carboxylic acids is 1. The van der Waals surface area contributed by atoms with E-state index in [1.807, 2.05) is 6.92 Å². The van der Waals surface area contributed by atoms with Crippen LogP contribution < -0.4 is 5.32 Å². The van der Waals surface area contributed by atoms with Gasteiger partial charge in [-0.1, -0.05) is 22.9 Å². The van der Waals surface area contributed by atoms with Gasteiger partial charge in [-0.15, -0.1) is 0 Å². The second kappa shape index (κ2) is 5.65. The van der Waals surface area contributed by atoms with Gasteiger partial charge in [-0.3, -0.25) is 4.79 Å². The molecular formula is C11H12BrNO3. The Labute approximate surface area is 102 Å². The van der Waals surface area contributed by atoms with Crippen LogP contribution in [0.2, 0.25) is 0 Å². The molecule has 0 heterocycles. The summed E-state index contributed by atoms with van der Waals surface area (Å²) in [6.07, 6.45) is 0.693. The lowest BCUT2D eigenvalue weighted by Crippen LogP contribution is -2.21. The first-order chi connectivity index (χ1) is 7.54. The van der Waals surface area contributed by atoms with Gasteiger partial charge in [-0.05, 0) is 30.7 Å². The normalized spacial score (nSPS) is 11.9. The number of carboxylic acids is 1. The highest BCUT2D eigenvalue weighted by atomic mass is 79.9. The molecule has 0 saturated heterocycles. The van der Waals surface area contributed by atoms with Crippen LogP contribution in [-0.2, 0) is 4.79 Å². The molecule has 0 spiro atoms. The average Bonchev–Trinajstić information content (AvgIpc) is 2.28. The van der Waals surface area contributed by atoms with E-state index in [0.717, 1.165) is 0 Å². The molecule has 0 saturated carbocycles. The Morgan fingerprint density at radius 1 is 1.38 bits per heavy atom. The zero-order valence-electron chi connectivity index (χ0n) is 8.74. The number of alkyl halides is 1. The van der Waals surface area contributed by atoms with Gasteiger partial charge in [0, 0.05) is 5.69 Å². The fourth-order valence-corrected chi connectivity index (χ4v) is 1.22. The fraction of sp³-hybridized carbons (Fsp3) is 0.273. The first-order valence-electron chi connectivity index (χ1n) is 4.83. The van der Waals surface area contributed by atoms with Crippen molar-refractivity contribution >= 4 is 33.5 Å². The van der Waals surface area contributed by atoms with Gasteiger partial charge in [0.1, 0.15) is 0 Å². The van der Waals surface area contributed by atoms with Crippen molar-refractivity contribution in [3.63, 3.8) is 0 Å². The van der Waals surface area contributed by atoms with Crippen LogP contribution in [0.3, 0.4) is 0 Å². The van der Waals surface area contributed by atoms with Gasteiger partial charge in [0.2, 0.25) is 5.91 Å². The van der Waals surface area contributed by atoms with E-state index in [-0.39, 0.29) is 16.3 Å². The molecule has 0 aromatic heterocycles. The molecule has 86 valence electrons. The number of aromatic carboxylic acids is 1. The third kappa shape index (κ3) is 3.34. The van der Waals surface area contributed by atoms with Gasteiger partial charge >= 0.3 is 5.97 Å². The molecule has 1 rings (SSSR count). The van der Waals surface area contributed by atoms with E-state index < -0.39 is 5.97 Å². The van der Waals surface area contributed by atoms with Gasteiger partial charge in [-0.25, -0.2) is 4.79 Å². The highest BCUT2D eigenvalue weighted by Gasteiger charge is 2.12. The molecule has 1 atom stereocenters. The Morgan fingerprint density at radius 3 is 2.38 bits per heavy atom. The van der Waals surface area contributed by atoms with E-state index in [1.54, 1.807) is 12.1 Å². The summed E-state index contributed by atoms with van der Waals surface area (Å²) in [5, 5.41) is 11.4. The highest BCUT2D eigenvalue weighted by molar-refractivity contribution is 9.10. The summed E-state index contributed by atoms with van der Waals surface area (Å²) in [7, 11) is 0. The molecule has 0 radical (unpaired) electrons. The number of carbonyl (C=O) groups is 2. The maximum atomic E-state index is 11.5. The van der Waals surface area contributed by atoms with Gasteiger partial charge in [0.05, 0.1) is 10.4 Å². The quantitative estimate of drug-likeness (QED) is 0.836. The Balaban J connectivity index is 2.69. The number of amides is 1. The molecule has 4 nitrogen and oxygen atoms in total. The minimum absolute atomic E-state index is 0.134. The van der Waals surface area contributed by atoms with E-state index in [0.29, 0.717) is 12.1 Å². The van der Waals surface area contributed by atoms with E-state index in [9.17, 15) is 9.59 Å². The van der Waals surface area contributed by atoms with Crippen molar-refractivity contribution in [2.75, 3.05) is 5.32 Å². The number of hydrogen-bond donors (Lipinski definition) is 2. The summed E-state index contributed by atoms with van der Waals surface area (Å²) in [5.41, 5.74) is 0.789. The SMILES string of the molecule is CC[C@H](Br)C(=O)Nc1ccc(C(=O)O)cc1. The van der Waals surface area contributed by atoms with Crippen molar-refractivity contribution in [1.82, 2.24) is 0 Å². The van der Waals surface area contributed by atoms with Gasteiger partial charge in [0.25, 0.3) is 0 Å². The average molecular weight is 286 g/mol. The number of benzene rings is 1. The number of halogens is 1. The smallest absolute Gasteiger partial charge is 0.335 e. The lowest BCUT2D eigenvalue weighted by molar-refractivity contribution is -0.115. The number of rotatable bonds is 4. The number of nitrogens with one attached hydrogen (secondary N) is 1. The monoisotopic (exact) mass is 285 g/mol. The molecule has 0 bridgehead atoms. The topological polar surface area (TPSA) is 66.4 Å². The Kier molecular flexibility index (Phi) is 4.49. The zero-order chi connectivity index (χ0) is 12.1. The lowest BCUT2D eigenvalue weighted by atomic mass is 10.2. The predicted molar refractivity (Wildman–Crippen MR) is 65.0 cm³/mol. The van der Waals surface area contributed by atoms with Crippen molar-refractivity contribution in [2.24, 2.45) is 0 Å². The standard InChI is InChI=1S/C11H12BrNO3/c1-2-9(12)10(14)13-8-5-3-7(4-6-8)11(15)16/h3-6,9H,2H2,1H3,(H,13,14)(H,15,16)/t9-/m0/s1. The summed E-state index contributed by atoms with van der Waals surface area (Å²) in [4.78, 5) is 21.9. The van der Waals surface area contributed by atoms with Gasteiger partial charge in [-0.2, -0.15) is 0 Å². The van der Waals surface area contributed by atoms with Crippen LogP contribution in [0.1, 0.15) is 23.7 Å². The molecule has 1 aromatic carbocycles. The Bertz CT molecular complexity index is 389. The zero-order valence-corrected chi connectivity index (χ0v) is 10.3. The predicted octanol–water partition coefficient (Wildman–Crippen LogP) is 2.50. The van der Waals surface area contributed by atoms with Crippen LogP contribution in [0.5, 0.6) is 0 Å². The minimum atomic E-state index is -0.982. The minimum Gasteiger partial charge on any atom is -0.478 e. The molecule has 0 aliphatic rings. The summed E-state index contributed by atoms with van der Waals surface area (Å²) in [5.74, 6) is -1.12. The summed E-state index contributed by atoms with van der Waals surface area (Å²) in [6.45, 7) is 1.90. The first-order valence-corrected chi connectivity index (χ1v) is 5.74. The second-order valence-corrected chi connectivity index (χ2v) is 4.35. The molecule has 0 unspecified atom stereocenters.